The highest BCUT2D eigenvalue weighted by atomic mass is 32.1. The number of ether oxygens (including phenoxy) is 1. The van der Waals surface area contributed by atoms with E-state index in [4.69, 9.17) is 9.72 Å². The van der Waals surface area contributed by atoms with Gasteiger partial charge in [-0.3, -0.25) is 9.78 Å². The van der Waals surface area contributed by atoms with E-state index in [1.165, 1.54) is 11.3 Å². The van der Waals surface area contributed by atoms with Crippen LogP contribution in [0.2, 0.25) is 0 Å². The number of hydrogen-bond donors (Lipinski definition) is 0. The van der Waals surface area contributed by atoms with Gasteiger partial charge in [-0.05, 0) is 57.5 Å². The zero-order valence-corrected chi connectivity index (χ0v) is 19.1. The van der Waals surface area contributed by atoms with Gasteiger partial charge in [0.25, 0.3) is 0 Å². The number of hydrogen-bond acceptors (Lipinski definition) is 5. The first-order valence-corrected chi connectivity index (χ1v) is 11.3. The number of rotatable bonds is 8. The second kappa shape index (κ2) is 8.73. The summed E-state index contributed by atoms with van der Waals surface area (Å²) in [5, 5.41) is 3.91. The molecule has 0 fully saturated rings. The number of thiazole rings is 1. The van der Waals surface area contributed by atoms with Crippen LogP contribution >= 0.6 is 11.3 Å². The molecular weight excluding hydrogens is 406 g/mol. The number of aromatic nitrogens is 3. The molecule has 0 aliphatic rings. The van der Waals surface area contributed by atoms with Gasteiger partial charge in [-0.25, -0.2) is 4.98 Å². The largest absolute Gasteiger partial charge is 0.367 e. The number of nitrogens with zero attached hydrogens (tertiary/aromatic N) is 3. The zero-order chi connectivity index (χ0) is 22.0. The molecule has 0 unspecified atom stereocenters. The fraction of sp³-hybridized carbons (Fsp3) is 0.320. The first-order chi connectivity index (χ1) is 14.8. The molecule has 6 heteroatoms. The molecule has 0 atom stereocenters. The molecule has 1 aromatic carbocycles. The first kappa shape index (κ1) is 21.4. The van der Waals surface area contributed by atoms with E-state index in [9.17, 15) is 4.79 Å². The van der Waals surface area contributed by atoms with Crippen LogP contribution in [0.1, 0.15) is 54.4 Å². The Morgan fingerprint density at radius 3 is 2.77 bits per heavy atom. The highest BCUT2D eigenvalue weighted by Crippen LogP contribution is 2.28. The minimum atomic E-state index is -0.478. The molecule has 5 nitrogen and oxygen atoms in total. The lowest BCUT2D eigenvalue weighted by atomic mass is 10.1. The van der Waals surface area contributed by atoms with Crippen molar-refractivity contribution in [2.45, 2.75) is 52.4 Å². The third-order valence-electron chi connectivity index (χ3n) is 5.21. The van der Waals surface area contributed by atoms with E-state index in [-0.39, 0.29) is 18.3 Å². The number of para-hydroxylation sites is 1. The van der Waals surface area contributed by atoms with Crippen molar-refractivity contribution in [1.82, 2.24) is 14.5 Å². The van der Waals surface area contributed by atoms with Gasteiger partial charge >= 0.3 is 0 Å². The van der Waals surface area contributed by atoms with Gasteiger partial charge in [-0.2, -0.15) is 0 Å². The predicted molar refractivity (Wildman–Crippen MR) is 125 cm³/mol. The number of carbonyl (C=O) groups excluding carboxylic acids is 1. The van der Waals surface area contributed by atoms with Crippen molar-refractivity contribution >= 4 is 28.0 Å². The fourth-order valence-electron chi connectivity index (χ4n) is 3.83. The maximum atomic E-state index is 13.1. The van der Waals surface area contributed by atoms with Gasteiger partial charge in [0.2, 0.25) is 0 Å². The van der Waals surface area contributed by atoms with Crippen LogP contribution in [0.25, 0.3) is 10.9 Å². The average Bonchev–Trinajstić information content (AvgIpc) is 3.37. The molecule has 0 aliphatic heterocycles. The van der Waals surface area contributed by atoms with E-state index in [1.807, 2.05) is 86.4 Å². The number of carbonyl (C=O) groups is 1. The molecule has 3 heterocycles. The van der Waals surface area contributed by atoms with Crippen LogP contribution in [0.15, 0.2) is 60.2 Å². The lowest BCUT2D eigenvalue weighted by molar-refractivity contribution is -0.0624. The topological polar surface area (TPSA) is 57.0 Å². The van der Waals surface area contributed by atoms with Crippen molar-refractivity contribution in [3.05, 3.63) is 82.2 Å². The average molecular weight is 434 g/mol. The molecule has 160 valence electrons. The fourth-order valence-corrected chi connectivity index (χ4v) is 4.78. The molecule has 0 N–H and O–H groups in total. The van der Waals surface area contributed by atoms with Crippen LogP contribution in [0.5, 0.6) is 0 Å². The molecular formula is C25H27N3O2S. The summed E-state index contributed by atoms with van der Waals surface area (Å²) in [4.78, 5) is 22.2. The molecule has 31 heavy (non-hydrogen) atoms. The van der Waals surface area contributed by atoms with E-state index in [2.05, 4.69) is 11.1 Å². The van der Waals surface area contributed by atoms with E-state index in [1.54, 1.807) is 0 Å². The van der Waals surface area contributed by atoms with Crippen molar-refractivity contribution in [1.29, 1.82) is 0 Å². The minimum absolute atomic E-state index is 0.0619. The molecule has 0 spiro atoms. The summed E-state index contributed by atoms with van der Waals surface area (Å²) >= 11 is 1.51. The second-order valence-electron chi connectivity index (χ2n) is 8.41. The van der Waals surface area contributed by atoms with Crippen LogP contribution in [-0.4, -0.2) is 26.4 Å². The van der Waals surface area contributed by atoms with Gasteiger partial charge in [0.15, 0.2) is 5.78 Å². The SMILES string of the molecule is CC(C)OC(C)(C)c1csc(CC(=O)c2cccn2Cc2ccnc3ccccc23)n1. The standard InChI is InChI=1S/C25H27N3O2S/c1-17(2)30-25(3,4)23-16-31-24(27-23)14-22(29)21-10-7-13-28(21)15-18-11-12-26-20-9-6-5-8-19(18)20/h5-13,16-17H,14-15H2,1-4H3. The molecule has 4 aromatic rings. The summed E-state index contributed by atoms with van der Waals surface area (Å²) in [5.74, 6) is 0.0619. The van der Waals surface area contributed by atoms with Crippen molar-refractivity contribution in [2.75, 3.05) is 0 Å². The molecule has 4 rings (SSSR count). The van der Waals surface area contributed by atoms with Crippen LogP contribution in [0.3, 0.4) is 0 Å². The summed E-state index contributed by atoms with van der Waals surface area (Å²) in [5.41, 5.74) is 3.18. The Morgan fingerprint density at radius 2 is 1.97 bits per heavy atom. The zero-order valence-electron chi connectivity index (χ0n) is 18.3. The minimum Gasteiger partial charge on any atom is -0.367 e. The summed E-state index contributed by atoms with van der Waals surface area (Å²) in [6.45, 7) is 8.67. The molecule has 0 amide bonds. The summed E-state index contributed by atoms with van der Waals surface area (Å²) in [6, 6.07) is 13.9. The Hall–Kier alpha value is -2.83. The summed E-state index contributed by atoms with van der Waals surface area (Å²) in [7, 11) is 0. The molecule has 0 saturated carbocycles. The lowest BCUT2D eigenvalue weighted by Crippen LogP contribution is -2.26. The van der Waals surface area contributed by atoms with Crippen LogP contribution < -0.4 is 0 Å². The van der Waals surface area contributed by atoms with E-state index >= 15 is 0 Å². The Labute approximate surface area is 186 Å². The van der Waals surface area contributed by atoms with Crippen LogP contribution in [0.4, 0.5) is 0 Å². The monoisotopic (exact) mass is 433 g/mol. The van der Waals surface area contributed by atoms with Gasteiger partial charge in [0.05, 0.1) is 29.4 Å². The highest BCUT2D eigenvalue weighted by Gasteiger charge is 2.26. The summed E-state index contributed by atoms with van der Waals surface area (Å²) in [6.07, 6.45) is 4.16. The van der Waals surface area contributed by atoms with Crippen LogP contribution in [-0.2, 0) is 23.3 Å². The number of benzene rings is 1. The highest BCUT2D eigenvalue weighted by molar-refractivity contribution is 7.09. The van der Waals surface area contributed by atoms with Crippen molar-refractivity contribution in [3.63, 3.8) is 0 Å². The maximum Gasteiger partial charge on any atom is 0.186 e. The van der Waals surface area contributed by atoms with Crippen molar-refractivity contribution in [3.8, 4) is 0 Å². The van der Waals surface area contributed by atoms with Gasteiger partial charge in [-0.1, -0.05) is 18.2 Å². The molecule has 3 aromatic heterocycles. The van der Waals surface area contributed by atoms with Crippen LogP contribution in [0, 0.1) is 0 Å². The first-order valence-electron chi connectivity index (χ1n) is 10.5. The number of ketones is 1. The third kappa shape index (κ3) is 4.75. The van der Waals surface area contributed by atoms with Gasteiger partial charge in [0, 0.05) is 29.7 Å². The number of pyridine rings is 1. The van der Waals surface area contributed by atoms with E-state index in [0.717, 1.165) is 27.2 Å². The maximum absolute atomic E-state index is 13.1. The lowest BCUT2D eigenvalue weighted by Gasteiger charge is -2.25. The Bertz CT molecular complexity index is 1200. The van der Waals surface area contributed by atoms with E-state index < -0.39 is 5.60 Å². The van der Waals surface area contributed by atoms with Gasteiger partial charge in [-0.15, -0.1) is 11.3 Å². The normalized spacial score (nSPS) is 12.0. The Morgan fingerprint density at radius 1 is 1.16 bits per heavy atom. The second-order valence-corrected chi connectivity index (χ2v) is 9.35. The predicted octanol–water partition coefficient (Wildman–Crippen LogP) is 5.63. The Balaban J connectivity index is 1.52. The molecule has 0 aliphatic carbocycles. The molecule has 0 saturated heterocycles. The quantitative estimate of drug-likeness (QED) is 0.338. The number of fused-ring (bicyclic) bond motifs is 1. The van der Waals surface area contributed by atoms with Crippen molar-refractivity contribution in [2.24, 2.45) is 0 Å². The van der Waals surface area contributed by atoms with Gasteiger partial charge < -0.3 is 9.30 Å². The Kier molecular flexibility index (Phi) is 6.03. The third-order valence-corrected chi connectivity index (χ3v) is 6.05. The van der Waals surface area contributed by atoms with E-state index in [0.29, 0.717) is 12.2 Å². The van der Waals surface area contributed by atoms with Crippen molar-refractivity contribution < 1.29 is 9.53 Å². The number of Topliss-reactive ketones (excluding diaryl/α,β-unsaturated/α-hetero) is 1. The molecule has 0 radical (unpaired) electrons. The molecule has 0 bridgehead atoms. The summed E-state index contributed by atoms with van der Waals surface area (Å²) < 4.78 is 7.99. The van der Waals surface area contributed by atoms with Gasteiger partial charge in [0.1, 0.15) is 10.6 Å². The smallest absolute Gasteiger partial charge is 0.186 e.